The van der Waals surface area contributed by atoms with E-state index in [1.54, 1.807) is 0 Å². The van der Waals surface area contributed by atoms with Gasteiger partial charge in [0.1, 0.15) is 17.8 Å². The SMILES string of the molecule is Cc1cnc2c(c1)c(C#N)c(C1=CC=C(CNC(C)C(F)(F)F)C=CCC1)n2CC1CC1. The van der Waals surface area contributed by atoms with Crippen LogP contribution in [-0.4, -0.2) is 28.3 Å². The highest BCUT2D eigenvalue weighted by Crippen LogP contribution is 2.38. The maximum absolute atomic E-state index is 12.8. The monoisotopic (exact) mass is 440 g/mol. The average Bonchev–Trinajstić information content (AvgIpc) is 3.49. The number of aryl methyl sites for hydroxylation is 1. The molecule has 1 atom stereocenters. The van der Waals surface area contributed by atoms with Gasteiger partial charge >= 0.3 is 6.18 Å². The molecule has 1 fully saturated rings. The van der Waals surface area contributed by atoms with Crippen LogP contribution in [0.25, 0.3) is 16.6 Å². The molecule has 2 aliphatic carbocycles. The standard InChI is InChI=1S/C25H27F3N4/c1-16-11-21-22(12-29)23(32(15-19-7-8-19)24(21)31-13-16)20-6-4-3-5-18(9-10-20)14-30-17(2)25(26,27)28/h3,5,9-11,13,17,19,30H,4,6-8,14-15H2,1-2H3. The van der Waals surface area contributed by atoms with Crippen LogP contribution in [0.1, 0.15) is 49.4 Å². The van der Waals surface area contributed by atoms with E-state index < -0.39 is 12.2 Å². The number of aromatic nitrogens is 2. The van der Waals surface area contributed by atoms with Gasteiger partial charge < -0.3 is 9.88 Å². The van der Waals surface area contributed by atoms with E-state index >= 15 is 0 Å². The number of nitrogens with zero attached hydrogens (tertiary/aromatic N) is 3. The van der Waals surface area contributed by atoms with E-state index in [0.29, 0.717) is 11.5 Å². The number of hydrogen-bond donors (Lipinski definition) is 1. The van der Waals surface area contributed by atoms with Crippen molar-refractivity contribution in [2.24, 2.45) is 5.92 Å². The lowest BCUT2D eigenvalue weighted by Gasteiger charge is -2.18. The summed E-state index contributed by atoms with van der Waals surface area (Å²) in [6, 6.07) is 2.84. The molecular formula is C25H27F3N4. The van der Waals surface area contributed by atoms with Crippen molar-refractivity contribution in [3.05, 3.63) is 59.0 Å². The highest BCUT2D eigenvalue weighted by Gasteiger charge is 2.35. The van der Waals surface area contributed by atoms with Crippen LogP contribution in [0.3, 0.4) is 0 Å². The fraction of sp³-hybridized carbons (Fsp3) is 0.440. The zero-order valence-corrected chi connectivity index (χ0v) is 18.3. The molecule has 1 unspecified atom stereocenters. The minimum absolute atomic E-state index is 0.123. The summed E-state index contributed by atoms with van der Waals surface area (Å²) in [5.74, 6) is 0.604. The van der Waals surface area contributed by atoms with Gasteiger partial charge in [0, 0.05) is 24.7 Å². The number of fused-ring (bicyclic) bond motifs is 1. The van der Waals surface area contributed by atoms with Crippen molar-refractivity contribution in [1.82, 2.24) is 14.9 Å². The first kappa shape index (κ1) is 22.3. The molecule has 4 rings (SSSR count). The molecule has 0 aliphatic heterocycles. The molecule has 2 aromatic heterocycles. The minimum Gasteiger partial charge on any atom is -0.324 e. The molecule has 32 heavy (non-hydrogen) atoms. The Bertz CT molecular complexity index is 1140. The largest absolute Gasteiger partial charge is 0.403 e. The highest BCUT2D eigenvalue weighted by atomic mass is 19.4. The van der Waals surface area contributed by atoms with Gasteiger partial charge in [-0.3, -0.25) is 0 Å². The fourth-order valence-electron chi connectivity index (χ4n) is 4.03. The normalized spacial score (nSPS) is 18.0. The van der Waals surface area contributed by atoms with E-state index in [4.69, 9.17) is 0 Å². The van der Waals surface area contributed by atoms with E-state index in [2.05, 4.69) is 20.9 Å². The van der Waals surface area contributed by atoms with Crippen molar-refractivity contribution in [3.63, 3.8) is 0 Å². The molecule has 0 aromatic carbocycles. The summed E-state index contributed by atoms with van der Waals surface area (Å²) < 4.78 is 40.7. The van der Waals surface area contributed by atoms with Crippen molar-refractivity contribution < 1.29 is 13.2 Å². The number of pyridine rings is 1. The molecule has 0 spiro atoms. The Balaban J connectivity index is 1.73. The average molecular weight is 441 g/mol. The predicted octanol–water partition coefficient (Wildman–Crippen LogP) is 5.83. The first-order chi connectivity index (χ1) is 15.3. The van der Waals surface area contributed by atoms with E-state index in [9.17, 15) is 18.4 Å². The van der Waals surface area contributed by atoms with Crippen LogP contribution in [0.2, 0.25) is 0 Å². The third-order valence-electron chi connectivity index (χ3n) is 6.10. The van der Waals surface area contributed by atoms with Crippen LogP contribution in [0, 0.1) is 24.2 Å². The first-order valence-corrected chi connectivity index (χ1v) is 11.0. The molecule has 0 amide bonds. The summed E-state index contributed by atoms with van der Waals surface area (Å²) in [6.07, 6.45) is 9.11. The minimum atomic E-state index is -4.27. The van der Waals surface area contributed by atoms with Crippen LogP contribution >= 0.6 is 0 Å². The summed E-state index contributed by atoms with van der Waals surface area (Å²) in [4.78, 5) is 4.65. The summed E-state index contributed by atoms with van der Waals surface area (Å²) >= 11 is 0. The maximum atomic E-state index is 12.8. The second-order valence-corrected chi connectivity index (χ2v) is 8.79. The van der Waals surface area contributed by atoms with Gasteiger partial charge in [-0.05, 0) is 68.2 Å². The Kier molecular flexibility index (Phi) is 6.25. The number of alkyl halides is 3. The van der Waals surface area contributed by atoms with E-state index in [1.165, 1.54) is 12.8 Å². The zero-order chi connectivity index (χ0) is 22.9. The van der Waals surface area contributed by atoms with Gasteiger partial charge in [-0.2, -0.15) is 18.4 Å². The van der Waals surface area contributed by atoms with Crippen molar-refractivity contribution in [2.45, 2.75) is 58.3 Å². The van der Waals surface area contributed by atoms with Crippen molar-refractivity contribution >= 4 is 16.6 Å². The lowest BCUT2D eigenvalue weighted by atomic mass is 9.98. The molecule has 2 aliphatic rings. The Labute approximate surface area is 186 Å². The van der Waals surface area contributed by atoms with Crippen molar-refractivity contribution in [2.75, 3.05) is 6.54 Å². The van der Waals surface area contributed by atoms with Gasteiger partial charge in [-0.25, -0.2) is 4.98 Å². The summed E-state index contributed by atoms with van der Waals surface area (Å²) in [5, 5.41) is 13.5. The van der Waals surface area contributed by atoms with Crippen LogP contribution in [0.15, 0.2) is 42.1 Å². The molecule has 168 valence electrons. The molecule has 1 saturated carbocycles. The second kappa shape index (κ2) is 8.95. The van der Waals surface area contributed by atoms with Gasteiger partial charge in [-0.1, -0.05) is 24.3 Å². The molecule has 4 nitrogen and oxygen atoms in total. The molecule has 0 radical (unpaired) electrons. The number of nitriles is 1. The Hall–Kier alpha value is -2.85. The highest BCUT2D eigenvalue weighted by molar-refractivity contribution is 5.91. The van der Waals surface area contributed by atoms with Crippen molar-refractivity contribution in [1.29, 1.82) is 5.26 Å². The van der Waals surface area contributed by atoms with Gasteiger partial charge in [0.2, 0.25) is 0 Å². The van der Waals surface area contributed by atoms with Crippen LogP contribution < -0.4 is 5.32 Å². The predicted molar refractivity (Wildman–Crippen MR) is 120 cm³/mol. The van der Waals surface area contributed by atoms with E-state index in [1.807, 2.05) is 43.5 Å². The van der Waals surface area contributed by atoms with Crippen LogP contribution in [-0.2, 0) is 6.54 Å². The van der Waals surface area contributed by atoms with Crippen LogP contribution in [0.4, 0.5) is 13.2 Å². The lowest BCUT2D eigenvalue weighted by Crippen LogP contribution is -2.40. The van der Waals surface area contributed by atoms with Crippen LogP contribution in [0.5, 0.6) is 0 Å². The molecule has 2 aromatic rings. The summed E-state index contributed by atoms with van der Waals surface area (Å²) in [7, 11) is 0. The maximum Gasteiger partial charge on any atom is 0.403 e. The Morgan fingerprint density at radius 2 is 2.09 bits per heavy atom. The number of rotatable bonds is 6. The molecule has 2 heterocycles. The number of halogens is 3. The first-order valence-electron chi connectivity index (χ1n) is 11.0. The van der Waals surface area contributed by atoms with Gasteiger partial charge in [-0.15, -0.1) is 0 Å². The Morgan fingerprint density at radius 3 is 2.78 bits per heavy atom. The Morgan fingerprint density at radius 1 is 1.31 bits per heavy atom. The second-order valence-electron chi connectivity index (χ2n) is 8.79. The van der Waals surface area contributed by atoms with Gasteiger partial charge in [0.25, 0.3) is 0 Å². The van der Waals surface area contributed by atoms with Gasteiger partial charge in [0.05, 0.1) is 11.3 Å². The summed E-state index contributed by atoms with van der Waals surface area (Å²) in [5.41, 5.74) is 5.16. The zero-order valence-electron chi connectivity index (χ0n) is 18.3. The summed E-state index contributed by atoms with van der Waals surface area (Å²) in [6.45, 7) is 4.05. The van der Waals surface area contributed by atoms with E-state index in [-0.39, 0.29) is 6.54 Å². The quantitative estimate of drug-likeness (QED) is 0.615. The number of allylic oxidation sites excluding steroid dienone is 4. The fourth-order valence-corrected chi connectivity index (χ4v) is 4.03. The molecule has 0 bridgehead atoms. The van der Waals surface area contributed by atoms with Gasteiger partial charge in [0.15, 0.2) is 0 Å². The topological polar surface area (TPSA) is 53.6 Å². The molecular weight excluding hydrogens is 413 g/mol. The lowest BCUT2D eigenvalue weighted by molar-refractivity contribution is -0.150. The smallest absolute Gasteiger partial charge is 0.324 e. The van der Waals surface area contributed by atoms with E-state index in [0.717, 1.165) is 59.7 Å². The van der Waals surface area contributed by atoms with Crippen molar-refractivity contribution in [3.8, 4) is 6.07 Å². The third kappa shape index (κ3) is 4.81. The number of nitrogens with one attached hydrogen (secondary N) is 1. The molecule has 7 heteroatoms. The molecule has 0 saturated heterocycles. The number of hydrogen-bond acceptors (Lipinski definition) is 3. The third-order valence-corrected chi connectivity index (χ3v) is 6.10. The molecule has 1 N–H and O–H groups in total.